The maximum absolute atomic E-state index is 3.55. The van der Waals surface area contributed by atoms with Crippen LogP contribution in [0.5, 0.6) is 0 Å². The molecule has 2 aliphatic rings. The van der Waals surface area contributed by atoms with Gasteiger partial charge < -0.3 is 5.32 Å². The molecule has 1 atom stereocenters. The van der Waals surface area contributed by atoms with Crippen LogP contribution in [-0.4, -0.2) is 36.6 Å². The lowest BCUT2D eigenvalue weighted by atomic mass is 9.63. The summed E-state index contributed by atoms with van der Waals surface area (Å²) in [4.78, 5) is 2.82. The summed E-state index contributed by atoms with van der Waals surface area (Å²) in [7, 11) is 0. The minimum Gasteiger partial charge on any atom is -0.314 e. The minimum absolute atomic E-state index is 0.510. The maximum Gasteiger partial charge on any atom is 0.0221 e. The van der Waals surface area contributed by atoms with Crippen molar-refractivity contribution in [1.82, 2.24) is 10.2 Å². The first-order valence-electron chi connectivity index (χ1n) is 7.79. The summed E-state index contributed by atoms with van der Waals surface area (Å²) in [6, 6.07) is 1.56. The Hall–Kier alpha value is -0.0800. The first-order valence-corrected chi connectivity index (χ1v) is 7.79. The van der Waals surface area contributed by atoms with Gasteiger partial charge in [-0.1, -0.05) is 34.6 Å². The molecule has 2 nitrogen and oxygen atoms in total. The van der Waals surface area contributed by atoms with E-state index in [4.69, 9.17) is 0 Å². The number of hydrogen-bond donors (Lipinski definition) is 1. The van der Waals surface area contributed by atoms with E-state index in [1.54, 1.807) is 0 Å². The van der Waals surface area contributed by atoms with E-state index in [1.165, 1.54) is 45.3 Å². The van der Waals surface area contributed by atoms with Crippen molar-refractivity contribution >= 4 is 0 Å². The average molecular weight is 252 g/mol. The van der Waals surface area contributed by atoms with Crippen LogP contribution in [0.3, 0.4) is 0 Å². The van der Waals surface area contributed by atoms with Gasteiger partial charge in [0, 0.05) is 31.7 Å². The second-order valence-corrected chi connectivity index (χ2v) is 8.07. The summed E-state index contributed by atoms with van der Waals surface area (Å²) in [6.07, 6.45) is 5.42. The normalized spacial score (nSPS) is 33.5. The van der Waals surface area contributed by atoms with Gasteiger partial charge in [-0.05, 0) is 36.5 Å². The van der Waals surface area contributed by atoms with Gasteiger partial charge in [0.05, 0.1) is 0 Å². The Labute approximate surface area is 114 Å². The van der Waals surface area contributed by atoms with E-state index >= 15 is 0 Å². The summed E-state index contributed by atoms with van der Waals surface area (Å²) < 4.78 is 0. The summed E-state index contributed by atoms with van der Waals surface area (Å²) in [5.74, 6) is 0. The Bertz CT molecular complexity index is 267. The fourth-order valence-corrected chi connectivity index (χ4v) is 4.66. The van der Waals surface area contributed by atoms with E-state index in [9.17, 15) is 0 Å². The molecule has 0 aromatic rings. The SMILES string of the molecule is CCC1CNCCN1C1CC(C)(C)CC(C)(C)C1. The van der Waals surface area contributed by atoms with Gasteiger partial charge in [-0.2, -0.15) is 0 Å². The maximum atomic E-state index is 3.55. The Morgan fingerprint density at radius 2 is 1.72 bits per heavy atom. The number of hydrogen-bond acceptors (Lipinski definition) is 2. The van der Waals surface area contributed by atoms with Gasteiger partial charge in [-0.15, -0.1) is 0 Å². The van der Waals surface area contributed by atoms with Gasteiger partial charge in [0.15, 0.2) is 0 Å². The molecule has 0 radical (unpaired) electrons. The van der Waals surface area contributed by atoms with Gasteiger partial charge in [0.2, 0.25) is 0 Å². The molecular weight excluding hydrogens is 220 g/mol. The molecule has 0 spiro atoms. The molecule has 18 heavy (non-hydrogen) atoms. The Kier molecular flexibility index (Phi) is 4.08. The predicted octanol–water partition coefficient (Wildman–Crippen LogP) is 3.28. The van der Waals surface area contributed by atoms with Crippen LogP contribution in [0.15, 0.2) is 0 Å². The third-order valence-corrected chi connectivity index (χ3v) is 4.87. The largest absolute Gasteiger partial charge is 0.314 e. The van der Waals surface area contributed by atoms with Crippen LogP contribution >= 0.6 is 0 Å². The highest BCUT2D eigenvalue weighted by Crippen LogP contribution is 2.47. The highest BCUT2D eigenvalue weighted by atomic mass is 15.2. The average Bonchev–Trinajstić information content (AvgIpc) is 2.24. The van der Waals surface area contributed by atoms with E-state index in [0.29, 0.717) is 10.8 Å². The molecule has 2 rings (SSSR count). The topological polar surface area (TPSA) is 15.3 Å². The zero-order chi connectivity index (χ0) is 13.4. The van der Waals surface area contributed by atoms with Gasteiger partial charge in [0.1, 0.15) is 0 Å². The molecule has 1 aliphatic heterocycles. The van der Waals surface area contributed by atoms with Crippen LogP contribution in [0.4, 0.5) is 0 Å². The van der Waals surface area contributed by atoms with Crippen molar-refractivity contribution in [2.24, 2.45) is 10.8 Å². The fourth-order valence-electron chi connectivity index (χ4n) is 4.66. The van der Waals surface area contributed by atoms with Gasteiger partial charge in [-0.3, -0.25) is 4.90 Å². The minimum atomic E-state index is 0.510. The lowest BCUT2D eigenvalue weighted by Gasteiger charge is -2.51. The molecule has 2 heteroatoms. The van der Waals surface area contributed by atoms with Crippen LogP contribution in [0, 0.1) is 10.8 Å². The van der Waals surface area contributed by atoms with Gasteiger partial charge in [0.25, 0.3) is 0 Å². The lowest BCUT2D eigenvalue weighted by molar-refractivity contribution is -0.00447. The van der Waals surface area contributed by atoms with Crippen molar-refractivity contribution in [3.8, 4) is 0 Å². The first-order chi connectivity index (χ1) is 8.33. The molecule has 1 heterocycles. The van der Waals surface area contributed by atoms with Crippen LogP contribution in [0.25, 0.3) is 0 Å². The summed E-state index contributed by atoms with van der Waals surface area (Å²) in [5, 5.41) is 3.55. The smallest absolute Gasteiger partial charge is 0.0221 e. The lowest BCUT2D eigenvalue weighted by Crippen LogP contribution is -2.57. The van der Waals surface area contributed by atoms with Crippen molar-refractivity contribution < 1.29 is 0 Å². The summed E-state index contributed by atoms with van der Waals surface area (Å²) >= 11 is 0. The molecule has 0 aromatic carbocycles. The molecule has 1 saturated heterocycles. The fraction of sp³-hybridized carbons (Fsp3) is 1.00. The number of rotatable bonds is 2. The highest BCUT2D eigenvalue weighted by molar-refractivity contribution is 4.96. The van der Waals surface area contributed by atoms with Crippen LogP contribution in [0.2, 0.25) is 0 Å². The van der Waals surface area contributed by atoms with E-state index in [1.807, 2.05) is 0 Å². The highest BCUT2D eigenvalue weighted by Gasteiger charge is 2.42. The quantitative estimate of drug-likeness (QED) is 0.811. The first kappa shape index (κ1) is 14.3. The number of piperazine rings is 1. The second kappa shape index (κ2) is 5.13. The Morgan fingerprint density at radius 1 is 1.11 bits per heavy atom. The molecule has 106 valence electrons. The molecule has 0 bridgehead atoms. The molecule has 1 saturated carbocycles. The van der Waals surface area contributed by atoms with E-state index in [2.05, 4.69) is 44.8 Å². The molecule has 1 aliphatic carbocycles. The molecule has 1 unspecified atom stereocenters. The summed E-state index contributed by atoms with van der Waals surface area (Å²) in [5.41, 5.74) is 1.02. The predicted molar refractivity (Wildman–Crippen MR) is 78.9 cm³/mol. The third-order valence-electron chi connectivity index (χ3n) is 4.87. The van der Waals surface area contributed by atoms with Crippen molar-refractivity contribution in [3.05, 3.63) is 0 Å². The van der Waals surface area contributed by atoms with Crippen molar-refractivity contribution in [2.45, 2.75) is 72.4 Å². The van der Waals surface area contributed by atoms with Crippen molar-refractivity contribution in [1.29, 1.82) is 0 Å². The zero-order valence-corrected chi connectivity index (χ0v) is 13.1. The standard InChI is InChI=1S/C16H32N2/c1-6-13-11-17-7-8-18(13)14-9-15(2,3)12-16(4,5)10-14/h13-14,17H,6-12H2,1-5H3. The molecule has 0 aromatic heterocycles. The van der Waals surface area contributed by atoms with Crippen molar-refractivity contribution in [3.63, 3.8) is 0 Å². The van der Waals surface area contributed by atoms with Crippen molar-refractivity contribution in [2.75, 3.05) is 19.6 Å². The molecule has 2 fully saturated rings. The van der Waals surface area contributed by atoms with Crippen LogP contribution in [0.1, 0.15) is 60.3 Å². The molecule has 0 amide bonds. The molecule has 1 N–H and O–H groups in total. The van der Waals surface area contributed by atoms with Gasteiger partial charge >= 0.3 is 0 Å². The van der Waals surface area contributed by atoms with Crippen LogP contribution in [-0.2, 0) is 0 Å². The van der Waals surface area contributed by atoms with E-state index in [-0.39, 0.29) is 0 Å². The third kappa shape index (κ3) is 3.27. The monoisotopic (exact) mass is 252 g/mol. The van der Waals surface area contributed by atoms with E-state index in [0.717, 1.165) is 12.1 Å². The van der Waals surface area contributed by atoms with E-state index < -0.39 is 0 Å². The number of nitrogens with zero attached hydrogens (tertiary/aromatic N) is 1. The Balaban J connectivity index is 2.11. The molecular formula is C16H32N2. The zero-order valence-electron chi connectivity index (χ0n) is 13.1. The number of nitrogens with one attached hydrogen (secondary N) is 1. The summed E-state index contributed by atoms with van der Waals surface area (Å²) in [6.45, 7) is 15.8. The van der Waals surface area contributed by atoms with Crippen LogP contribution < -0.4 is 5.32 Å². The second-order valence-electron chi connectivity index (χ2n) is 8.07. The van der Waals surface area contributed by atoms with Gasteiger partial charge in [-0.25, -0.2) is 0 Å². The Morgan fingerprint density at radius 3 is 2.28 bits per heavy atom.